The first-order chi connectivity index (χ1) is 30.6. The smallest absolute Gasteiger partial charge is 0.247 e. The molecule has 3 saturated heterocycles. The zero-order valence-corrected chi connectivity index (χ0v) is 36.0. The van der Waals surface area contributed by atoms with E-state index >= 15 is 0 Å². The highest BCUT2D eigenvalue weighted by atomic mass is 19.1. The first-order valence-electron chi connectivity index (χ1n) is 22.1. The summed E-state index contributed by atoms with van der Waals surface area (Å²) in [5.74, 6) is -0.219. The van der Waals surface area contributed by atoms with Gasteiger partial charge in [-0.25, -0.2) is 9.37 Å². The number of pyridine rings is 1. The van der Waals surface area contributed by atoms with Crippen LogP contribution in [0.3, 0.4) is 0 Å². The fourth-order valence-corrected chi connectivity index (χ4v) is 9.21. The Kier molecular flexibility index (Phi) is 13.7. The molecule has 13 nitrogen and oxygen atoms in total. The van der Waals surface area contributed by atoms with Crippen molar-refractivity contribution in [3.05, 3.63) is 132 Å². The number of nitrogens with zero attached hydrogens (tertiary/aromatic N) is 6. The Bertz CT molecular complexity index is 2340. The van der Waals surface area contributed by atoms with E-state index in [2.05, 4.69) is 61.8 Å². The standard InChI is InChI=1S/C49H56FN9O4/c1-33-28-57(42-15-10-37(11-16-42)43-17-19-45(60)55-48(43)62)29-34(2)59(33)30-36-21-24-56(25-22-36)46(61)32-58-31-40(27-53-58)39-12-18-44(52-26-39)54-49(63)47(38-6-4-3-5-7-38)51-23-20-35-8-13-41(50)14-9-35/h3-16,18,26-27,31,33-34,36,43,47,51H,17,19-25,28-30,32H2,1-2H3,(H,52,54,63)(H,55,60,62)/t33-,34+,43?,47-/m1/s1. The van der Waals surface area contributed by atoms with Crippen LogP contribution in [0.1, 0.15) is 68.2 Å². The van der Waals surface area contributed by atoms with Gasteiger partial charge in [0.2, 0.25) is 23.6 Å². The summed E-state index contributed by atoms with van der Waals surface area (Å²) in [6.45, 7) is 9.55. The molecule has 5 heterocycles. The van der Waals surface area contributed by atoms with Crippen LogP contribution in [0.5, 0.6) is 0 Å². The number of likely N-dealkylation sites (tertiary alicyclic amines) is 1. The highest BCUT2D eigenvalue weighted by Crippen LogP contribution is 2.30. The summed E-state index contributed by atoms with van der Waals surface area (Å²) in [6, 6.07) is 27.9. The molecule has 8 rings (SSSR count). The second-order valence-corrected chi connectivity index (χ2v) is 17.2. The number of piperidine rings is 2. The summed E-state index contributed by atoms with van der Waals surface area (Å²) in [4.78, 5) is 62.4. The van der Waals surface area contributed by atoms with Gasteiger partial charge in [0.15, 0.2) is 0 Å². The van der Waals surface area contributed by atoms with E-state index in [0.29, 0.717) is 49.6 Å². The Balaban J connectivity index is 0.781. The molecule has 5 aromatic rings. The van der Waals surface area contributed by atoms with Crippen molar-refractivity contribution in [2.24, 2.45) is 5.92 Å². The Labute approximate surface area is 368 Å². The molecule has 0 aliphatic carbocycles. The fraction of sp³-hybridized carbons (Fsp3) is 0.388. The van der Waals surface area contributed by atoms with Gasteiger partial charge in [0.1, 0.15) is 24.2 Å². The molecule has 3 aliphatic heterocycles. The molecule has 0 saturated carbocycles. The molecule has 1 unspecified atom stereocenters. The van der Waals surface area contributed by atoms with E-state index in [1.165, 1.54) is 12.1 Å². The van der Waals surface area contributed by atoms with Gasteiger partial charge in [0.05, 0.1) is 12.1 Å². The molecule has 3 aliphatic rings. The van der Waals surface area contributed by atoms with Crippen molar-refractivity contribution in [3.8, 4) is 11.1 Å². The Hall–Kier alpha value is -6.25. The number of hydrogen-bond donors (Lipinski definition) is 3. The minimum absolute atomic E-state index is 0.0532. The highest BCUT2D eigenvalue weighted by molar-refractivity contribution is 6.01. The van der Waals surface area contributed by atoms with Crippen LogP contribution in [-0.4, -0.2) is 99.5 Å². The molecular formula is C49H56FN9O4. The lowest BCUT2D eigenvalue weighted by Crippen LogP contribution is -2.58. The first-order valence-corrected chi connectivity index (χ1v) is 22.1. The predicted molar refractivity (Wildman–Crippen MR) is 240 cm³/mol. The number of hydrogen-bond acceptors (Lipinski definition) is 9. The zero-order chi connectivity index (χ0) is 43.9. The number of carbonyl (C=O) groups excluding carboxylic acids is 4. The summed E-state index contributed by atoms with van der Waals surface area (Å²) in [5.41, 5.74) is 5.53. The number of amides is 4. The molecule has 2 aromatic heterocycles. The highest BCUT2D eigenvalue weighted by Gasteiger charge is 2.34. The minimum Gasteiger partial charge on any atom is -0.368 e. The lowest BCUT2D eigenvalue weighted by atomic mass is 9.90. The van der Waals surface area contributed by atoms with E-state index in [4.69, 9.17) is 0 Å². The first kappa shape index (κ1) is 43.4. The van der Waals surface area contributed by atoms with Crippen molar-refractivity contribution in [1.82, 2.24) is 35.2 Å². The van der Waals surface area contributed by atoms with E-state index in [9.17, 15) is 23.6 Å². The number of piperazine rings is 1. The van der Waals surface area contributed by atoms with Crippen LogP contribution in [0.15, 0.2) is 110 Å². The quantitative estimate of drug-likeness (QED) is 0.116. The maximum absolute atomic E-state index is 13.5. The summed E-state index contributed by atoms with van der Waals surface area (Å²) in [6.07, 6.45) is 8.75. The van der Waals surface area contributed by atoms with Gasteiger partial charge < -0.3 is 20.4 Å². The van der Waals surface area contributed by atoms with Gasteiger partial charge in [-0.15, -0.1) is 0 Å². The van der Waals surface area contributed by atoms with E-state index in [1.807, 2.05) is 59.6 Å². The summed E-state index contributed by atoms with van der Waals surface area (Å²) < 4.78 is 15.0. The molecule has 0 radical (unpaired) electrons. The topological polar surface area (TPSA) is 145 Å². The molecule has 3 aromatic carbocycles. The summed E-state index contributed by atoms with van der Waals surface area (Å²) >= 11 is 0. The number of carbonyl (C=O) groups is 4. The van der Waals surface area contributed by atoms with Gasteiger partial charge in [0, 0.05) is 87.0 Å². The van der Waals surface area contributed by atoms with Crippen molar-refractivity contribution in [3.63, 3.8) is 0 Å². The van der Waals surface area contributed by atoms with Crippen LogP contribution in [0.4, 0.5) is 15.9 Å². The molecule has 3 N–H and O–H groups in total. The number of anilines is 2. The molecule has 328 valence electrons. The van der Waals surface area contributed by atoms with Crippen LogP contribution < -0.4 is 20.9 Å². The molecular weight excluding hydrogens is 798 g/mol. The second kappa shape index (κ2) is 19.9. The lowest BCUT2D eigenvalue weighted by Gasteiger charge is -2.47. The van der Waals surface area contributed by atoms with Crippen molar-refractivity contribution >= 4 is 35.1 Å². The third-order valence-corrected chi connectivity index (χ3v) is 12.8. The van der Waals surface area contributed by atoms with Gasteiger partial charge >= 0.3 is 0 Å². The molecule has 4 amide bonds. The summed E-state index contributed by atoms with van der Waals surface area (Å²) in [5, 5.41) is 13.2. The van der Waals surface area contributed by atoms with Gasteiger partial charge in [-0.3, -0.25) is 34.1 Å². The monoisotopic (exact) mass is 853 g/mol. The molecule has 4 atom stereocenters. The normalized spacial score (nSPS) is 20.3. The second-order valence-electron chi connectivity index (χ2n) is 17.2. The van der Waals surface area contributed by atoms with Gasteiger partial charge in [0.25, 0.3) is 0 Å². The van der Waals surface area contributed by atoms with Crippen LogP contribution >= 0.6 is 0 Å². The van der Waals surface area contributed by atoms with E-state index in [0.717, 1.165) is 79.1 Å². The van der Waals surface area contributed by atoms with Crippen molar-refractivity contribution in [2.45, 2.75) is 76.5 Å². The number of halogens is 1. The van der Waals surface area contributed by atoms with E-state index < -0.39 is 6.04 Å². The summed E-state index contributed by atoms with van der Waals surface area (Å²) in [7, 11) is 0. The number of nitrogens with one attached hydrogen (secondary N) is 3. The largest absolute Gasteiger partial charge is 0.368 e. The zero-order valence-electron chi connectivity index (χ0n) is 36.0. The Morgan fingerprint density at radius 3 is 2.27 bits per heavy atom. The number of aromatic nitrogens is 3. The molecule has 0 bridgehead atoms. The van der Waals surface area contributed by atoms with Gasteiger partial charge in [-0.05, 0) is 98.5 Å². The third-order valence-electron chi connectivity index (χ3n) is 12.8. The predicted octanol–water partition coefficient (Wildman–Crippen LogP) is 5.95. The van der Waals surface area contributed by atoms with Crippen LogP contribution in [-0.2, 0) is 32.1 Å². The number of imide groups is 1. The van der Waals surface area contributed by atoms with E-state index in [1.54, 1.807) is 35.3 Å². The third kappa shape index (κ3) is 10.9. The van der Waals surface area contributed by atoms with E-state index in [-0.39, 0.29) is 41.9 Å². The average Bonchev–Trinajstić information content (AvgIpc) is 3.76. The fourth-order valence-electron chi connectivity index (χ4n) is 9.21. The van der Waals surface area contributed by atoms with Crippen LogP contribution in [0, 0.1) is 11.7 Å². The SMILES string of the molecule is C[C@@H]1CN(c2ccc(C3CCC(=O)NC3=O)cc2)C[C@H](C)N1CC1CCN(C(=O)Cn2cc(-c3ccc(NC(=O)[C@H](NCCc4ccc(F)cc4)c4ccccc4)nc3)cn2)CC1. The lowest BCUT2D eigenvalue weighted by molar-refractivity contribution is -0.135. The molecule has 14 heteroatoms. The maximum Gasteiger partial charge on any atom is 0.247 e. The van der Waals surface area contributed by atoms with Crippen molar-refractivity contribution in [2.75, 3.05) is 49.5 Å². The Morgan fingerprint density at radius 2 is 1.59 bits per heavy atom. The minimum atomic E-state index is -0.614. The Morgan fingerprint density at radius 1 is 0.857 bits per heavy atom. The number of rotatable bonds is 14. The maximum atomic E-state index is 13.5. The average molecular weight is 854 g/mol. The molecule has 63 heavy (non-hydrogen) atoms. The van der Waals surface area contributed by atoms with Crippen LogP contribution in [0.25, 0.3) is 11.1 Å². The van der Waals surface area contributed by atoms with Gasteiger partial charge in [-0.1, -0.05) is 54.6 Å². The van der Waals surface area contributed by atoms with Gasteiger partial charge in [-0.2, -0.15) is 5.10 Å². The van der Waals surface area contributed by atoms with Crippen molar-refractivity contribution < 1.29 is 23.6 Å². The number of benzene rings is 3. The molecule has 3 fully saturated rings. The van der Waals surface area contributed by atoms with Crippen LogP contribution in [0.2, 0.25) is 0 Å². The van der Waals surface area contributed by atoms with Crippen molar-refractivity contribution in [1.29, 1.82) is 0 Å². The molecule has 0 spiro atoms.